The molecule has 0 bridgehead atoms. The highest BCUT2D eigenvalue weighted by Gasteiger charge is 2.24. The standard InChI is InChI=1S/C19H31N3/c1-20-11-6-5-9-19(20)17-22-15-13-21(14-16-22)12-10-18-7-3-2-4-8-18/h2-4,7-8,19H,5-6,9-17H2,1H3. The maximum atomic E-state index is 2.69. The molecule has 2 saturated heterocycles. The molecule has 3 nitrogen and oxygen atoms in total. The zero-order valence-corrected chi connectivity index (χ0v) is 14.1. The maximum Gasteiger partial charge on any atom is 0.0220 e. The minimum atomic E-state index is 0.796. The van der Waals surface area contributed by atoms with Crippen molar-refractivity contribution in [1.82, 2.24) is 14.7 Å². The van der Waals surface area contributed by atoms with Crippen LogP contribution in [0.4, 0.5) is 0 Å². The number of nitrogens with zero attached hydrogens (tertiary/aromatic N) is 3. The van der Waals surface area contributed by atoms with E-state index in [1.165, 1.54) is 77.1 Å². The molecule has 2 aliphatic heterocycles. The summed E-state index contributed by atoms with van der Waals surface area (Å²) in [5, 5.41) is 0. The molecule has 0 saturated carbocycles. The van der Waals surface area contributed by atoms with Gasteiger partial charge in [-0.15, -0.1) is 0 Å². The number of likely N-dealkylation sites (tertiary alicyclic amines) is 1. The number of hydrogen-bond acceptors (Lipinski definition) is 3. The summed E-state index contributed by atoms with van der Waals surface area (Å²) >= 11 is 0. The summed E-state index contributed by atoms with van der Waals surface area (Å²) in [6.07, 6.45) is 5.39. The molecule has 122 valence electrons. The second-order valence-electron chi connectivity index (χ2n) is 7.01. The van der Waals surface area contributed by atoms with Crippen LogP contribution < -0.4 is 0 Å². The molecule has 1 aromatic carbocycles. The predicted molar refractivity (Wildman–Crippen MR) is 93.3 cm³/mol. The average Bonchev–Trinajstić information content (AvgIpc) is 2.57. The number of piperazine rings is 1. The fourth-order valence-corrected chi connectivity index (χ4v) is 3.80. The summed E-state index contributed by atoms with van der Waals surface area (Å²) < 4.78 is 0. The van der Waals surface area contributed by atoms with Crippen LogP contribution in [0.1, 0.15) is 24.8 Å². The number of benzene rings is 1. The summed E-state index contributed by atoms with van der Waals surface area (Å²) in [6, 6.07) is 11.7. The number of hydrogen-bond donors (Lipinski definition) is 0. The van der Waals surface area contributed by atoms with Gasteiger partial charge in [-0.1, -0.05) is 36.8 Å². The lowest BCUT2D eigenvalue weighted by atomic mass is 10.0. The summed E-state index contributed by atoms with van der Waals surface area (Å²) in [7, 11) is 2.31. The lowest BCUT2D eigenvalue weighted by Crippen LogP contribution is -2.52. The van der Waals surface area contributed by atoms with Gasteiger partial charge in [0.1, 0.15) is 0 Å². The number of piperidine rings is 1. The van der Waals surface area contributed by atoms with Crippen molar-refractivity contribution < 1.29 is 0 Å². The molecule has 0 aliphatic carbocycles. The van der Waals surface area contributed by atoms with Gasteiger partial charge in [0, 0.05) is 45.3 Å². The topological polar surface area (TPSA) is 9.72 Å². The van der Waals surface area contributed by atoms with Crippen LogP contribution in [0, 0.1) is 0 Å². The third kappa shape index (κ3) is 4.55. The highest BCUT2D eigenvalue weighted by atomic mass is 15.3. The van der Waals surface area contributed by atoms with Crippen molar-refractivity contribution in [3.8, 4) is 0 Å². The monoisotopic (exact) mass is 301 g/mol. The van der Waals surface area contributed by atoms with Crippen LogP contribution in [-0.4, -0.2) is 73.6 Å². The van der Waals surface area contributed by atoms with Gasteiger partial charge in [0.15, 0.2) is 0 Å². The van der Waals surface area contributed by atoms with E-state index in [0.717, 1.165) is 6.04 Å². The van der Waals surface area contributed by atoms with Crippen molar-refractivity contribution in [2.24, 2.45) is 0 Å². The summed E-state index contributed by atoms with van der Waals surface area (Å²) in [6.45, 7) is 8.76. The molecule has 2 fully saturated rings. The molecular weight excluding hydrogens is 270 g/mol. The molecular formula is C19H31N3. The molecule has 1 unspecified atom stereocenters. The van der Waals surface area contributed by atoms with E-state index >= 15 is 0 Å². The summed E-state index contributed by atoms with van der Waals surface area (Å²) in [5.41, 5.74) is 1.47. The minimum Gasteiger partial charge on any atom is -0.302 e. The molecule has 2 heterocycles. The fourth-order valence-electron chi connectivity index (χ4n) is 3.80. The van der Waals surface area contributed by atoms with Gasteiger partial charge in [0.25, 0.3) is 0 Å². The number of rotatable bonds is 5. The van der Waals surface area contributed by atoms with Crippen LogP contribution in [0.25, 0.3) is 0 Å². The first kappa shape index (κ1) is 16.0. The largest absolute Gasteiger partial charge is 0.302 e. The van der Waals surface area contributed by atoms with Crippen molar-refractivity contribution in [2.45, 2.75) is 31.7 Å². The van der Waals surface area contributed by atoms with E-state index in [4.69, 9.17) is 0 Å². The minimum absolute atomic E-state index is 0.796. The predicted octanol–water partition coefficient (Wildman–Crippen LogP) is 2.33. The van der Waals surface area contributed by atoms with E-state index in [-0.39, 0.29) is 0 Å². The van der Waals surface area contributed by atoms with Crippen LogP contribution in [-0.2, 0) is 6.42 Å². The Morgan fingerprint density at radius 3 is 2.36 bits per heavy atom. The van der Waals surface area contributed by atoms with Gasteiger partial charge < -0.3 is 9.80 Å². The summed E-state index contributed by atoms with van der Waals surface area (Å²) in [5.74, 6) is 0. The Bertz CT molecular complexity index is 426. The van der Waals surface area contributed by atoms with Crippen molar-refractivity contribution in [1.29, 1.82) is 0 Å². The van der Waals surface area contributed by atoms with Crippen LogP contribution >= 0.6 is 0 Å². The first-order valence-corrected chi connectivity index (χ1v) is 9.00. The fraction of sp³-hybridized carbons (Fsp3) is 0.684. The average molecular weight is 301 g/mol. The van der Waals surface area contributed by atoms with Gasteiger partial charge in [-0.3, -0.25) is 4.90 Å². The van der Waals surface area contributed by atoms with Crippen molar-refractivity contribution in [3.05, 3.63) is 35.9 Å². The van der Waals surface area contributed by atoms with Crippen LogP contribution in [0.15, 0.2) is 30.3 Å². The number of likely N-dealkylation sites (N-methyl/N-ethyl adjacent to an activating group) is 1. The first-order valence-electron chi connectivity index (χ1n) is 9.00. The first-order chi connectivity index (χ1) is 10.8. The molecule has 2 aliphatic rings. The van der Waals surface area contributed by atoms with E-state index in [1.54, 1.807) is 0 Å². The zero-order chi connectivity index (χ0) is 15.2. The van der Waals surface area contributed by atoms with Gasteiger partial charge in [-0.25, -0.2) is 0 Å². The Kier molecular flexibility index (Phi) is 5.88. The third-order valence-electron chi connectivity index (χ3n) is 5.41. The van der Waals surface area contributed by atoms with Gasteiger partial charge in [0.05, 0.1) is 0 Å². The van der Waals surface area contributed by atoms with Crippen LogP contribution in [0.3, 0.4) is 0 Å². The van der Waals surface area contributed by atoms with Gasteiger partial charge in [0.2, 0.25) is 0 Å². The Hall–Kier alpha value is -0.900. The van der Waals surface area contributed by atoms with Gasteiger partial charge in [-0.2, -0.15) is 0 Å². The highest BCUT2D eigenvalue weighted by molar-refractivity contribution is 5.14. The molecule has 0 spiro atoms. The normalized spacial score (nSPS) is 25.4. The van der Waals surface area contributed by atoms with E-state index in [9.17, 15) is 0 Å². The van der Waals surface area contributed by atoms with Crippen molar-refractivity contribution >= 4 is 0 Å². The van der Waals surface area contributed by atoms with Crippen molar-refractivity contribution in [3.63, 3.8) is 0 Å². The van der Waals surface area contributed by atoms with Gasteiger partial charge in [-0.05, 0) is 38.4 Å². The third-order valence-corrected chi connectivity index (χ3v) is 5.41. The SMILES string of the molecule is CN1CCCCC1CN1CCN(CCc2ccccc2)CC1. The van der Waals surface area contributed by atoms with Gasteiger partial charge >= 0.3 is 0 Å². The Balaban J connectivity index is 1.37. The Morgan fingerprint density at radius 2 is 1.64 bits per heavy atom. The highest BCUT2D eigenvalue weighted by Crippen LogP contribution is 2.17. The quantitative estimate of drug-likeness (QED) is 0.826. The van der Waals surface area contributed by atoms with Crippen LogP contribution in [0.5, 0.6) is 0 Å². The van der Waals surface area contributed by atoms with E-state index in [0.29, 0.717) is 0 Å². The second kappa shape index (κ2) is 8.09. The van der Waals surface area contributed by atoms with E-state index in [1.807, 2.05) is 0 Å². The molecule has 3 rings (SSSR count). The molecule has 22 heavy (non-hydrogen) atoms. The van der Waals surface area contributed by atoms with E-state index in [2.05, 4.69) is 52.1 Å². The lowest BCUT2D eigenvalue weighted by Gasteiger charge is -2.40. The van der Waals surface area contributed by atoms with Crippen LogP contribution in [0.2, 0.25) is 0 Å². The van der Waals surface area contributed by atoms with Crippen molar-refractivity contribution in [2.75, 3.05) is 52.9 Å². The smallest absolute Gasteiger partial charge is 0.0220 e. The maximum absolute atomic E-state index is 2.69. The lowest BCUT2D eigenvalue weighted by molar-refractivity contribution is 0.0850. The molecule has 1 atom stereocenters. The summed E-state index contributed by atoms with van der Waals surface area (Å²) in [4.78, 5) is 7.89. The zero-order valence-electron chi connectivity index (χ0n) is 14.1. The second-order valence-corrected chi connectivity index (χ2v) is 7.01. The Labute approximate surface area is 135 Å². The Morgan fingerprint density at radius 1 is 0.909 bits per heavy atom. The molecule has 1 aromatic rings. The van der Waals surface area contributed by atoms with E-state index < -0.39 is 0 Å². The molecule has 0 N–H and O–H groups in total. The molecule has 0 amide bonds. The molecule has 0 radical (unpaired) electrons. The molecule has 0 aromatic heterocycles. The molecule has 3 heteroatoms.